The number of nitrogens with zero attached hydrogens (tertiary/aromatic N) is 4. The molecule has 1 aromatic rings. The number of halogens is 1. The van der Waals surface area contributed by atoms with Crippen LogP contribution in [0.5, 0.6) is 0 Å². The Hall–Kier alpha value is -2.04. The van der Waals surface area contributed by atoms with Crippen molar-refractivity contribution in [1.82, 2.24) is 19.5 Å². The lowest BCUT2D eigenvalue weighted by atomic mass is 10.0. The fourth-order valence-corrected chi connectivity index (χ4v) is 4.59. The molecule has 1 N–H and O–H groups in total. The molecule has 2 aliphatic heterocycles. The molecule has 0 bridgehead atoms. The van der Waals surface area contributed by atoms with E-state index in [-0.39, 0.29) is 24.8 Å². The number of pyridine rings is 1. The number of carbonyl (C=O) groups excluding carboxylic acids is 1. The summed E-state index contributed by atoms with van der Waals surface area (Å²) in [6, 6.07) is 0. The van der Waals surface area contributed by atoms with Crippen molar-refractivity contribution in [3.05, 3.63) is 28.8 Å². The average molecular weight is 426 g/mol. The van der Waals surface area contributed by atoms with E-state index in [2.05, 4.69) is 15.2 Å². The highest BCUT2D eigenvalue weighted by Gasteiger charge is 2.30. The van der Waals surface area contributed by atoms with Gasteiger partial charge < -0.3 is 15.1 Å². The second-order valence-electron chi connectivity index (χ2n) is 7.44. The summed E-state index contributed by atoms with van der Waals surface area (Å²) in [5.74, 6) is -0.553. The van der Waals surface area contributed by atoms with Crippen molar-refractivity contribution in [3.8, 4) is 0 Å². The van der Waals surface area contributed by atoms with Gasteiger partial charge in [-0.2, -0.15) is 4.31 Å². The van der Waals surface area contributed by atoms with Gasteiger partial charge in [-0.1, -0.05) is 0 Å². The molecule has 2 aliphatic rings. The summed E-state index contributed by atoms with van der Waals surface area (Å²) in [5.41, 5.74) is 2.41. The summed E-state index contributed by atoms with van der Waals surface area (Å²) in [5, 5.41) is 3.29. The lowest BCUT2D eigenvalue weighted by molar-refractivity contribution is 0.0698. The molecule has 0 saturated carbocycles. The Morgan fingerprint density at radius 1 is 1.17 bits per heavy atom. The molecule has 0 radical (unpaired) electrons. The first kappa shape index (κ1) is 21.7. The zero-order valence-corrected chi connectivity index (χ0v) is 17.9. The second kappa shape index (κ2) is 8.76. The number of sulfonamides is 1. The molecular weight excluding hydrogens is 397 g/mol. The zero-order chi connectivity index (χ0) is 21.2. The lowest BCUT2D eigenvalue weighted by Gasteiger charge is -2.36. The molecular formula is C19H28FN5O3S. The number of aromatic nitrogens is 1. The first-order chi connectivity index (χ1) is 13.7. The average Bonchev–Trinajstić information content (AvgIpc) is 2.68. The SMILES string of the molecule is C/C(F)=C\c1c(C)ncc(C(=O)N2CCN(S(C)(=O)=O)CC2)c1N1CCNCC1. The molecule has 2 fully saturated rings. The highest BCUT2D eigenvalue weighted by Crippen LogP contribution is 2.31. The van der Waals surface area contributed by atoms with Gasteiger partial charge >= 0.3 is 0 Å². The summed E-state index contributed by atoms with van der Waals surface area (Å²) in [6.45, 7) is 7.31. The number of hydrogen-bond donors (Lipinski definition) is 1. The number of allylic oxidation sites excluding steroid dienone is 1. The van der Waals surface area contributed by atoms with Gasteiger partial charge in [0.2, 0.25) is 10.0 Å². The molecule has 0 unspecified atom stereocenters. The van der Waals surface area contributed by atoms with E-state index >= 15 is 0 Å². The van der Waals surface area contributed by atoms with Gasteiger partial charge in [-0.15, -0.1) is 0 Å². The maximum Gasteiger partial charge on any atom is 0.257 e. The van der Waals surface area contributed by atoms with E-state index in [4.69, 9.17) is 0 Å². The van der Waals surface area contributed by atoms with E-state index in [1.54, 1.807) is 18.0 Å². The Morgan fingerprint density at radius 3 is 2.34 bits per heavy atom. The molecule has 0 atom stereocenters. The van der Waals surface area contributed by atoms with Gasteiger partial charge in [0.05, 0.1) is 23.3 Å². The van der Waals surface area contributed by atoms with Crippen LogP contribution < -0.4 is 10.2 Å². The van der Waals surface area contributed by atoms with Crippen LogP contribution in [-0.4, -0.2) is 87.1 Å². The minimum Gasteiger partial charge on any atom is -0.368 e. The van der Waals surface area contributed by atoms with Crippen molar-refractivity contribution in [3.63, 3.8) is 0 Å². The maximum absolute atomic E-state index is 13.8. The summed E-state index contributed by atoms with van der Waals surface area (Å²) < 4.78 is 38.7. The predicted molar refractivity (Wildman–Crippen MR) is 111 cm³/mol. The van der Waals surface area contributed by atoms with Crippen LogP contribution in [0.3, 0.4) is 0 Å². The third-order valence-corrected chi connectivity index (χ3v) is 6.59. The zero-order valence-electron chi connectivity index (χ0n) is 17.1. The van der Waals surface area contributed by atoms with Gasteiger partial charge in [0.15, 0.2) is 0 Å². The van der Waals surface area contributed by atoms with Crippen molar-refractivity contribution in [2.24, 2.45) is 0 Å². The van der Waals surface area contributed by atoms with Crippen LogP contribution in [-0.2, 0) is 10.0 Å². The van der Waals surface area contributed by atoms with Crippen molar-refractivity contribution in [1.29, 1.82) is 0 Å². The molecule has 1 amide bonds. The number of carbonyl (C=O) groups is 1. The van der Waals surface area contributed by atoms with Crippen LogP contribution in [0.2, 0.25) is 0 Å². The smallest absolute Gasteiger partial charge is 0.257 e. The van der Waals surface area contributed by atoms with E-state index in [0.717, 1.165) is 13.1 Å². The molecule has 29 heavy (non-hydrogen) atoms. The molecule has 10 heteroatoms. The highest BCUT2D eigenvalue weighted by atomic mass is 32.2. The summed E-state index contributed by atoms with van der Waals surface area (Å²) in [6.07, 6.45) is 4.16. The van der Waals surface area contributed by atoms with Crippen LogP contribution in [0.1, 0.15) is 28.5 Å². The second-order valence-corrected chi connectivity index (χ2v) is 9.42. The topological polar surface area (TPSA) is 85.9 Å². The van der Waals surface area contributed by atoms with Crippen LogP contribution in [0, 0.1) is 6.92 Å². The van der Waals surface area contributed by atoms with Crippen LogP contribution in [0.15, 0.2) is 12.0 Å². The van der Waals surface area contributed by atoms with Crippen molar-refractivity contribution in [2.75, 3.05) is 63.5 Å². The molecule has 3 heterocycles. The Bertz CT molecular complexity index is 901. The van der Waals surface area contributed by atoms with Crippen molar-refractivity contribution >= 4 is 27.7 Å². The third kappa shape index (κ3) is 4.93. The molecule has 8 nitrogen and oxygen atoms in total. The van der Waals surface area contributed by atoms with E-state index < -0.39 is 10.0 Å². The van der Waals surface area contributed by atoms with E-state index in [9.17, 15) is 17.6 Å². The number of nitrogens with one attached hydrogen (secondary N) is 1. The van der Waals surface area contributed by atoms with Crippen LogP contribution >= 0.6 is 0 Å². The van der Waals surface area contributed by atoms with Gasteiger partial charge in [-0.3, -0.25) is 9.78 Å². The molecule has 1 aromatic heterocycles. The maximum atomic E-state index is 13.8. The van der Waals surface area contributed by atoms with Gasteiger partial charge in [0.1, 0.15) is 0 Å². The minimum absolute atomic E-state index is 0.203. The van der Waals surface area contributed by atoms with Crippen LogP contribution in [0.4, 0.5) is 10.1 Å². The lowest BCUT2D eigenvalue weighted by Crippen LogP contribution is -2.50. The van der Waals surface area contributed by atoms with Gasteiger partial charge in [0, 0.05) is 69.8 Å². The number of amides is 1. The Labute approximate surface area is 171 Å². The Morgan fingerprint density at radius 2 is 1.79 bits per heavy atom. The number of hydrogen-bond acceptors (Lipinski definition) is 6. The normalized spacial score (nSPS) is 19.5. The van der Waals surface area contributed by atoms with E-state index in [1.165, 1.54) is 23.6 Å². The van der Waals surface area contributed by atoms with Crippen molar-refractivity contribution < 1.29 is 17.6 Å². The number of piperazine rings is 2. The highest BCUT2D eigenvalue weighted by molar-refractivity contribution is 7.88. The number of aryl methyl sites for hydroxylation is 1. The molecule has 2 saturated heterocycles. The number of anilines is 1. The van der Waals surface area contributed by atoms with Crippen LogP contribution in [0.25, 0.3) is 6.08 Å². The molecule has 3 rings (SSSR count). The molecule has 0 aromatic carbocycles. The fraction of sp³-hybridized carbons (Fsp3) is 0.579. The Balaban J connectivity index is 1.96. The summed E-state index contributed by atoms with van der Waals surface area (Å²) in [4.78, 5) is 21.4. The molecule has 0 spiro atoms. The quantitative estimate of drug-likeness (QED) is 0.770. The first-order valence-electron chi connectivity index (χ1n) is 9.72. The standard InChI is InChI=1S/C19H28FN5O3S/c1-14(20)12-16-15(2)22-13-17(18(16)23-6-4-21-5-7-23)19(26)24-8-10-25(11-9-24)29(3,27)28/h12-13,21H,4-11H2,1-3H3/b14-12+. The minimum atomic E-state index is -3.27. The van der Waals surface area contributed by atoms with E-state index in [0.29, 0.717) is 48.7 Å². The first-order valence-corrected chi connectivity index (χ1v) is 11.6. The number of rotatable bonds is 4. The summed E-state index contributed by atoms with van der Waals surface area (Å²) >= 11 is 0. The largest absolute Gasteiger partial charge is 0.368 e. The third-order valence-electron chi connectivity index (χ3n) is 5.29. The summed E-state index contributed by atoms with van der Waals surface area (Å²) in [7, 11) is -3.27. The monoisotopic (exact) mass is 425 g/mol. The molecule has 160 valence electrons. The van der Waals surface area contributed by atoms with E-state index in [1.807, 2.05) is 0 Å². The predicted octanol–water partition coefficient (Wildman–Crippen LogP) is 0.847. The fourth-order valence-electron chi connectivity index (χ4n) is 3.76. The Kier molecular flexibility index (Phi) is 6.55. The van der Waals surface area contributed by atoms with Crippen molar-refractivity contribution in [2.45, 2.75) is 13.8 Å². The van der Waals surface area contributed by atoms with Gasteiger partial charge in [-0.25, -0.2) is 12.8 Å². The van der Waals surface area contributed by atoms with Gasteiger partial charge in [0.25, 0.3) is 5.91 Å². The molecule has 0 aliphatic carbocycles. The van der Waals surface area contributed by atoms with Gasteiger partial charge in [-0.05, 0) is 19.9 Å².